The Morgan fingerprint density at radius 1 is 1.24 bits per heavy atom. The summed E-state index contributed by atoms with van der Waals surface area (Å²) in [6.07, 6.45) is -0.518. The molecule has 1 atom stereocenters. The van der Waals surface area contributed by atoms with Crippen LogP contribution in [-0.4, -0.2) is 14.5 Å². The lowest BCUT2D eigenvalue weighted by atomic mass is 9.97. The van der Waals surface area contributed by atoms with Crippen molar-refractivity contribution in [2.24, 2.45) is 4.99 Å². The normalized spacial score (nSPS) is 16.4. The second kappa shape index (κ2) is 7.13. The molecule has 0 amide bonds. The minimum atomic E-state index is -4.40. The van der Waals surface area contributed by atoms with E-state index in [9.17, 15) is 13.2 Å². The van der Waals surface area contributed by atoms with Gasteiger partial charge in [-0.05, 0) is 56.9 Å². The molecule has 0 aliphatic heterocycles. The Hall–Kier alpha value is -2.41. The first-order valence-corrected chi connectivity index (χ1v) is 9.79. The first-order chi connectivity index (χ1) is 13.7. The maximum Gasteiger partial charge on any atom is 0.416 e. The van der Waals surface area contributed by atoms with Crippen molar-refractivity contribution in [3.05, 3.63) is 63.6 Å². The van der Waals surface area contributed by atoms with E-state index >= 15 is 0 Å². The molecule has 4 rings (SSSR count). The minimum Gasteiger partial charge on any atom is -0.325 e. The smallest absolute Gasteiger partial charge is 0.325 e. The van der Waals surface area contributed by atoms with Crippen LogP contribution in [0.3, 0.4) is 0 Å². The molecule has 3 aromatic rings. The minimum absolute atomic E-state index is 0.181. The molecule has 152 valence electrons. The number of hydrogen-bond donors (Lipinski definition) is 0. The highest BCUT2D eigenvalue weighted by molar-refractivity contribution is 6.30. The second-order valence-electron chi connectivity index (χ2n) is 7.43. The summed E-state index contributed by atoms with van der Waals surface area (Å²) < 4.78 is 42.0. The van der Waals surface area contributed by atoms with Crippen molar-refractivity contribution in [2.75, 3.05) is 0 Å². The van der Waals surface area contributed by atoms with Crippen molar-refractivity contribution in [3.8, 4) is 0 Å². The van der Waals surface area contributed by atoms with Gasteiger partial charge in [0.2, 0.25) is 0 Å². The molecule has 29 heavy (non-hydrogen) atoms. The molecule has 4 nitrogen and oxygen atoms in total. The third-order valence-corrected chi connectivity index (χ3v) is 5.53. The Labute approximate surface area is 171 Å². The Bertz CT molecular complexity index is 1160. The number of alkyl halides is 3. The van der Waals surface area contributed by atoms with E-state index in [1.54, 1.807) is 25.3 Å². The maximum absolute atomic E-state index is 13.3. The monoisotopic (exact) mass is 420 g/mol. The summed E-state index contributed by atoms with van der Waals surface area (Å²) in [7, 11) is 0. The molecule has 0 bridgehead atoms. The zero-order valence-corrected chi connectivity index (χ0v) is 17.0. The third kappa shape index (κ3) is 3.75. The van der Waals surface area contributed by atoms with Gasteiger partial charge in [0.25, 0.3) is 0 Å². The van der Waals surface area contributed by atoms with Crippen molar-refractivity contribution in [1.82, 2.24) is 14.5 Å². The Morgan fingerprint density at radius 2 is 1.97 bits per heavy atom. The molecular weight excluding hydrogens is 401 g/mol. The van der Waals surface area contributed by atoms with Crippen molar-refractivity contribution in [2.45, 2.75) is 51.9 Å². The molecule has 1 aromatic carbocycles. The molecule has 0 saturated heterocycles. The summed E-state index contributed by atoms with van der Waals surface area (Å²) in [5.74, 6) is 0.802. The fourth-order valence-corrected chi connectivity index (χ4v) is 3.95. The SMILES string of the molecule is Cc1c([C@@H](C)/N=c2\nc(C)n(C3CC3)c3cnc(Cl)cc23)cccc1C(F)(F)F. The maximum atomic E-state index is 13.3. The van der Waals surface area contributed by atoms with E-state index in [1.807, 2.05) is 6.92 Å². The molecule has 0 spiro atoms. The summed E-state index contributed by atoms with van der Waals surface area (Å²) in [6, 6.07) is 5.79. The average molecular weight is 421 g/mol. The number of halogens is 4. The molecule has 1 fully saturated rings. The van der Waals surface area contributed by atoms with E-state index in [4.69, 9.17) is 11.6 Å². The van der Waals surface area contributed by atoms with Gasteiger partial charge < -0.3 is 4.57 Å². The number of benzene rings is 1. The summed E-state index contributed by atoms with van der Waals surface area (Å²) in [6.45, 7) is 5.16. The van der Waals surface area contributed by atoms with Crippen LogP contribution in [0, 0.1) is 13.8 Å². The van der Waals surface area contributed by atoms with Gasteiger partial charge in [-0.3, -0.25) is 4.99 Å². The predicted molar refractivity (Wildman–Crippen MR) is 106 cm³/mol. The summed E-state index contributed by atoms with van der Waals surface area (Å²) in [5, 5.41) is 1.07. The van der Waals surface area contributed by atoms with E-state index in [0.717, 1.165) is 35.6 Å². The molecule has 1 aliphatic carbocycles. The fourth-order valence-electron chi connectivity index (χ4n) is 3.79. The lowest BCUT2D eigenvalue weighted by Gasteiger charge is -2.17. The molecule has 8 heteroatoms. The second-order valence-corrected chi connectivity index (χ2v) is 7.82. The number of fused-ring (bicyclic) bond motifs is 1. The van der Waals surface area contributed by atoms with Gasteiger partial charge in [-0.1, -0.05) is 23.7 Å². The van der Waals surface area contributed by atoms with Gasteiger partial charge in [-0.2, -0.15) is 13.2 Å². The van der Waals surface area contributed by atoms with Crippen LogP contribution in [0.5, 0.6) is 0 Å². The first-order valence-electron chi connectivity index (χ1n) is 9.41. The highest BCUT2D eigenvalue weighted by Crippen LogP contribution is 2.38. The third-order valence-electron chi connectivity index (χ3n) is 5.33. The van der Waals surface area contributed by atoms with Crippen molar-refractivity contribution < 1.29 is 13.2 Å². The Kier molecular flexibility index (Phi) is 4.89. The van der Waals surface area contributed by atoms with Crippen molar-refractivity contribution in [3.63, 3.8) is 0 Å². The molecular formula is C21H20ClF3N4. The van der Waals surface area contributed by atoms with E-state index in [-0.39, 0.29) is 5.56 Å². The lowest BCUT2D eigenvalue weighted by Crippen LogP contribution is -2.19. The number of aryl methyl sites for hydroxylation is 1. The number of nitrogens with zero attached hydrogens (tertiary/aromatic N) is 4. The summed E-state index contributed by atoms with van der Waals surface area (Å²) in [4.78, 5) is 13.5. The van der Waals surface area contributed by atoms with Gasteiger partial charge in [-0.25, -0.2) is 9.97 Å². The van der Waals surface area contributed by atoms with Gasteiger partial charge in [0.05, 0.1) is 23.3 Å². The molecule has 0 N–H and O–H groups in total. The lowest BCUT2D eigenvalue weighted by molar-refractivity contribution is -0.138. The quantitative estimate of drug-likeness (QED) is 0.509. The summed E-state index contributed by atoms with van der Waals surface area (Å²) in [5.41, 5.74) is 1.41. The standard InChI is InChI=1S/C21H20ClF3N4/c1-11-15(5-4-6-17(11)21(23,24)25)12(2)27-20-16-9-19(22)26-10-18(16)29(13(3)28-20)14-7-8-14/h4-6,9-10,12,14H,7-8H2,1-3H3/b27-20-/t12-/m1/s1. The van der Waals surface area contributed by atoms with Crippen LogP contribution in [0.15, 0.2) is 35.5 Å². The Balaban J connectivity index is 1.89. The number of aromatic nitrogens is 3. The average Bonchev–Trinajstić information content (AvgIpc) is 3.46. The molecule has 0 radical (unpaired) electrons. The first kappa shape index (κ1) is 19.9. The van der Waals surface area contributed by atoms with Crippen molar-refractivity contribution >= 4 is 22.5 Å². The summed E-state index contributed by atoms with van der Waals surface area (Å²) >= 11 is 6.11. The topological polar surface area (TPSA) is 43.1 Å². The Morgan fingerprint density at radius 3 is 2.62 bits per heavy atom. The van der Waals surface area contributed by atoms with Gasteiger partial charge in [-0.15, -0.1) is 0 Å². The predicted octanol–water partition coefficient (Wildman–Crippen LogP) is 5.72. The van der Waals surface area contributed by atoms with Crippen LogP contribution in [-0.2, 0) is 6.18 Å². The van der Waals surface area contributed by atoms with Crippen LogP contribution in [0.1, 0.15) is 54.4 Å². The van der Waals surface area contributed by atoms with E-state index in [2.05, 4.69) is 19.5 Å². The fraction of sp³-hybridized carbons (Fsp3) is 0.381. The largest absolute Gasteiger partial charge is 0.416 e. The number of pyridine rings is 1. The van der Waals surface area contributed by atoms with Crippen LogP contribution in [0.2, 0.25) is 5.15 Å². The van der Waals surface area contributed by atoms with E-state index in [1.165, 1.54) is 13.0 Å². The van der Waals surface area contributed by atoms with Gasteiger partial charge in [0, 0.05) is 11.4 Å². The molecule has 2 aromatic heterocycles. The van der Waals surface area contributed by atoms with Gasteiger partial charge in [0.1, 0.15) is 11.0 Å². The molecule has 1 aliphatic rings. The van der Waals surface area contributed by atoms with Crippen LogP contribution in [0.4, 0.5) is 13.2 Å². The zero-order chi connectivity index (χ0) is 20.9. The number of rotatable bonds is 3. The van der Waals surface area contributed by atoms with Crippen LogP contribution < -0.4 is 5.49 Å². The molecule has 2 heterocycles. The van der Waals surface area contributed by atoms with Gasteiger partial charge >= 0.3 is 6.18 Å². The number of hydrogen-bond acceptors (Lipinski definition) is 3. The van der Waals surface area contributed by atoms with Gasteiger partial charge in [0.15, 0.2) is 5.49 Å². The highest BCUT2D eigenvalue weighted by Gasteiger charge is 2.33. The van der Waals surface area contributed by atoms with E-state index < -0.39 is 17.8 Å². The van der Waals surface area contributed by atoms with Crippen LogP contribution >= 0.6 is 11.6 Å². The van der Waals surface area contributed by atoms with Crippen molar-refractivity contribution in [1.29, 1.82) is 0 Å². The van der Waals surface area contributed by atoms with Crippen LogP contribution in [0.25, 0.3) is 10.9 Å². The highest BCUT2D eigenvalue weighted by atomic mass is 35.5. The molecule has 0 unspecified atom stereocenters. The van der Waals surface area contributed by atoms with E-state index in [0.29, 0.717) is 22.2 Å². The molecule has 1 saturated carbocycles. The zero-order valence-electron chi connectivity index (χ0n) is 16.3.